The van der Waals surface area contributed by atoms with E-state index in [0.717, 1.165) is 5.56 Å². The number of carbonyl (C=O) groups is 2. The number of aliphatic carboxylic acids is 1. The number of amides is 1. The lowest BCUT2D eigenvalue weighted by molar-refractivity contribution is -0.159. The number of halogens is 1. The predicted molar refractivity (Wildman–Crippen MR) is 94.1 cm³/mol. The minimum atomic E-state index is -1.01. The number of ether oxygens (including phenoxy) is 2. The second-order valence-electron chi connectivity index (χ2n) is 6.41. The third-order valence-corrected chi connectivity index (χ3v) is 4.94. The summed E-state index contributed by atoms with van der Waals surface area (Å²) in [6.45, 7) is 0.888. The molecule has 6 nitrogen and oxygen atoms in total. The van der Waals surface area contributed by atoms with Gasteiger partial charge >= 0.3 is 5.97 Å². The summed E-state index contributed by atoms with van der Waals surface area (Å²) in [4.78, 5) is 25.8. The van der Waals surface area contributed by atoms with E-state index < -0.39 is 11.4 Å². The second-order valence-corrected chi connectivity index (χ2v) is 6.81. The van der Waals surface area contributed by atoms with Gasteiger partial charge in [-0.25, -0.2) is 0 Å². The number of carboxylic acid groups (broad SMARTS) is 1. The van der Waals surface area contributed by atoms with Crippen molar-refractivity contribution in [2.45, 2.75) is 25.7 Å². The molecule has 0 aliphatic carbocycles. The van der Waals surface area contributed by atoms with Crippen molar-refractivity contribution in [1.82, 2.24) is 4.90 Å². The van der Waals surface area contributed by atoms with Crippen LogP contribution in [0.2, 0.25) is 5.02 Å². The van der Waals surface area contributed by atoms with Crippen molar-refractivity contribution in [1.29, 1.82) is 0 Å². The molecule has 0 spiro atoms. The van der Waals surface area contributed by atoms with Gasteiger partial charge in [0.15, 0.2) is 0 Å². The van der Waals surface area contributed by atoms with Crippen LogP contribution in [0, 0.1) is 5.41 Å². The lowest BCUT2D eigenvalue weighted by Crippen LogP contribution is -2.52. The zero-order chi connectivity index (χ0) is 18.4. The normalized spacial score (nSPS) is 20.4. The molecule has 1 unspecified atom stereocenters. The first-order valence-corrected chi connectivity index (χ1v) is 8.62. The largest absolute Gasteiger partial charge is 0.495 e. The molecular weight excluding hydrogens is 346 g/mol. The Hall–Kier alpha value is -1.79. The number of methoxy groups -OCH3 is 2. The maximum Gasteiger partial charge on any atom is 0.313 e. The van der Waals surface area contributed by atoms with Gasteiger partial charge in [0.1, 0.15) is 11.2 Å². The van der Waals surface area contributed by atoms with E-state index in [1.54, 1.807) is 24.1 Å². The maximum absolute atomic E-state index is 12.5. The van der Waals surface area contributed by atoms with E-state index in [4.69, 9.17) is 21.1 Å². The van der Waals surface area contributed by atoms with Crippen molar-refractivity contribution in [3.05, 3.63) is 28.8 Å². The van der Waals surface area contributed by atoms with E-state index in [0.29, 0.717) is 43.0 Å². The van der Waals surface area contributed by atoms with E-state index in [1.165, 1.54) is 7.11 Å². The molecule has 1 aliphatic heterocycles. The number of hydrogen-bond acceptors (Lipinski definition) is 4. The Labute approximate surface area is 152 Å². The van der Waals surface area contributed by atoms with Crippen LogP contribution in [0.15, 0.2) is 18.2 Å². The summed E-state index contributed by atoms with van der Waals surface area (Å²) < 4.78 is 10.2. The van der Waals surface area contributed by atoms with Gasteiger partial charge in [-0.1, -0.05) is 17.7 Å². The first-order valence-electron chi connectivity index (χ1n) is 8.24. The molecule has 0 aromatic heterocycles. The molecule has 1 amide bonds. The zero-order valence-electron chi connectivity index (χ0n) is 14.6. The quantitative estimate of drug-likeness (QED) is 0.799. The van der Waals surface area contributed by atoms with Gasteiger partial charge in [-0.05, 0) is 37.0 Å². The van der Waals surface area contributed by atoms with Gasteiger partial charge in [0.25, 0.3) is 0 Å². The number of hydrogen-bond donors (Lipinski definition) is 1. The Balaban J connectivity index is 1.98. The van der Waals surface area contributed by atoms with Crippen LogP contribution in [0.25, 0.3) is 0 Å². The molecule has 0 saturated carbocycles. The highest BCUT2D eigenvalue weighted by molar-refractivity contribution is 6.32. The van der Waals surface area contributed by atoms with Gasteiger partial charge in [0.2, 0.25) is 5.91 Å². The molecule has 1 aliphatic rings. The number of likely N-dealkylation sites (tertiary alicyclic amines) is 1. The molecule has 25 heavy (non-hydrogen) atoms. The van der Waals surface area contributed by atoms with Crippen LogP contribution in [0.4, 0.5) is 0 Å². The number of carbonyl (C=O) groups excluding carboxylic acids is 1. The number of carboxylic acids is 1. The standard InChI is InChI=1S/C18H24ClNO5/c1-24-12-18(17(22)23)8-3-9-20(11-18)16(21)7-5-13-4-6-15(25-2)14(19)10-13/h4,6,10H,3,5,7-9,11-12H2,1-2H3,(H,22,23). The smallest absolute Gasteiger partial charge is 0.313 e. The van der Waals surface area contributed by atoms with Gasteiger partial charge in [0.05, 0.1) is 18.7 Å². The van der Waals surface area contributed by atoms with E-state index in [1.807, 2.05) is 6.07 Å². The van der Waals surface area contributed by atoms with Gasteiger partial charge in [0, 0.05) is 26.6 Å². The average molecular weight is 370 g/mol. The highest BCUT2D eigenvalue weighted by Crippen LogP contribution is 2.31. The number of nitrogens with zero attached hydrogens (tertiary/aromatic N) is 1. The number of aryl methyl sites for hydroxylation is 1. The van der Waals surface area contributed by atoms with Gasteiger partial charge in [-0.2, -0.15) is 0 Å². The minimum Gasteiger partial charge on any atom is -0.495 e. The van der Waals surface area contributed by atoms with Crippen molar-refractivity contribution in [2.75, 3.05) is 33.9 Å². The fourth-order valence-electron chi connectivity index (χ4n) is 3.25. The van der Waals surface area contributed by atoms with E-state index in [9.17, 15) is 14.7 Å². The molecule has 1 aromatic rings. The summed E-state index contributed by atoms with van der Waals surface area (Å²) in [6.07, 6.45) is 2.04. The Bertz CT molecular complexity index is 632. The Kier molecular flexibility index (Phi) is 6.67. The van der Waals surface area contributed by atoms with E-state index >= 15 is 0 Å². The molecule has 1 N–H and O–H groups in total. The lowest BCUT2D eigenvalue weighted by Gasteiger charge is -2.39. The highest BCUT2D eigenvalue weighted by Gasteiger charge is 2.43. The fraction of sp³-hybridized carbons (Fsp3) is 0.556. The van der Waals surface area contributed by atoms with Crippen molar-refractivity contribution in [3.8, 4) is 5.75 Å². The summed E-state index contributed by atoms with van der Waals surface area (Å²) in [5, 5.41) is 10.1. The third kappa shape index (κ3) is 4.64. The molecule has 1 atom stereocenters. The van der Waals surface area contributed by atoms with Gasteiger partial charge in [-0.15, -0.1) is 0 Å². The number of piperidine rings is 1. The van der Waals surface area contributed by atoms with Crippen molar-refractivity contribution in [2.24, 2.45) is 5.41 Å². The summed E-state index contributed by atoms with van der Waals surface area (Å²) in [5.74, 6) is -0.360. The van der Waals surface area contributed by atoms with Crippen molar-refractivity contribution >= 4 is 23.5 Å². The summed E-state index contributed by atoms with van der Waals surface area (Å²) in [6, 6.07) is 5.44. The molecule has 1 aromatic carbocycles. The topological polar surface area (TPSA) is 76.1 Å². The van der Waals surface area contributed by atoms with Gasteiger partial charge in [-0.3, -0.25) is 9.59 Å². The van der Waals surface area contributed by atoms with Crippen LogP contribution in [0.1, 0.15) is 24.8 Å². The first-order chi connectivity index (χ1) is 11.9. The molecule has 7 heteroatoms. The SMILES string of the molecule is COCC1(C(=O)O)CCCN(C(=O)CCc2ccc(OC)c(Cl)c2)C1. The number of rotatable bonds is 7. The summed E-state index contributed by atoms with van der Waals surface area (Å²) in [7, 11) is 3.04. The third-order valence-electron chi connectivity index (χ3n) is 4.65. The van der Waals surface area contributed by atoms with Crippen LogP contribution in [-0.4, -0.2) is 55.8 Å². The average Bonchev–Trinajstić information content (AvgIpc) is 2.60. The molecule has 0 bridgehead atoms. The molecule has 2 rings (SSSR count). The highest BCUT2D eigenvalue weighted by atomic mass is 35.5. The lowest BCUT2D eigenvalue weighted by atomic mass is 9.80. The Morgan fingerprint density at radius 3 is 2.72 bits per heavy atom. The molecular formula is C18H24ClNO5. The monoisotopic (exact) mass is 369 g/mol. The van der Waals surface area contributed by atoms with Crippen molar-refractivity contribution in [3.63, 3.8) is 0 Å². The van der Waals surface area contributed by atoms with Gasteiger partial charge < -0.3 is 19.5 Å². The molecule has 1 saturated heterocycles. The Morgan fingerprint density at radius 2 is 2.12 bits per heavy atom. The molecule has 0 radical (unpaired) electrons. The molecule has 1 heterocycles. The van der Waals surface area contributed by atoms with E-state index in [2.05, 4.69) is 0 Å². The van der Waals surface area contributed by atoms with Crippen LogP contribution in [0.5, 0.6) is 5.75 Å². The summed E-state index contributed by atoms with van der Waals surface area (Å²) in [5.41, 5.74) is -0.0657. The Morgan fingerprint density at radius 1 is 1.36 bits per heavy atom. The van der Waals surface area contributed by atoms with Crippen molar-refractivity contribution < 1.29 is 24.2 Å². The molecule has 1 fully saturated rings. The number of benzene rings is 1. The summed E-state index contributed by atoms with van der Waals surface area (Å²) >= 11 is 6.10. The first kappa shape index (κ1) is 19.5. The fourth-order valence-corrected chi connectivity index (χ4v) is 3.53. The zero-order valence-corrected chi connectivity index (χ0v) is 15.3. The van der Waals surface area contributed by atoms with E-state index in [-0.39, 0.29) is 19.1 Å². The van der Waals surface area contributed by atoms with Crippen LogP contribution >= 0.6 is 11.6 Å². The minimum absolute atomic E-state index is 0.0478. The van der Waals surface area contributed by atoms with Crippen LogP contribution in [0.3, 0.4) is 0 Å². The maximum atomic E-state index is 12.5. The second kappa shape index (κ2) is 8.54. The van der Waals surface area contributed by atoms with Crippen LogP contribution < -0.4 is 4.74 Å². The molecule has 138 valence electrons. The van der Waals surface area contributed by atoms with Crippen LogP contribution in [-0.2, 0) is 20.7 Å². The predicted octanol–water partition coefficient (Wildman–Crippen LogP) is 2.62.